The number of carbonyl (C=O) groups is 1. The van der Waals surface area contributed by atoms with Gasteiger partial charge >= 0.3 is 0 Å². The van der Waals surface area contributed by atoms with Crippen LogP contribution in [0, 0.1) is 0 Å². The number of benzene rings is 1. The van der Waals surface area contributed by atoms with E-state index in [1.807, 2.05) is 29.7 Å². The maximum Gasteiger partial charge on any atom is 0.285 e. The average Bonchev–Trinajstić information content (AvgIpc) is 2.46. The summed E-state index contributed by atoms with van der Waals surface area (Å²) in [6, 6.07) is 7.30. The molecule has 6 nitrogen and oxygen atoms in total. The summed E-state index contributed by atoms with van der Waals surface area (Å²) >= 11 is 0. The van der Waals surface area contributed by atoms with Crippen molar-refractivity contribution in [2.75, 3.05) is 7.11 Å². The van der Waals surface area contributed by atoms with Crippen LogP contribution in [0.15, 0.2) is 36.7 Å². The molecular formula is C12H12N4O2. The Hall–Kier alpha value is -2.47. The zero-order chi connectivity index (χ0) is 13.0. The van der Waals surface area contributed by atoms with Crippen LogP contribution in [0.25, 0.3) is 11.3 Å². The predicted octanol–water partition coefficient (Wildman–Crippen LogP) is 0.756. The Morgan fingerprint density at radius 3 is 2.61 bits per heavy atom. The monoisotopic (exact) mass is 244 g/mol. The van der Waals surface area contributed by atoms with Crippen molar-refractivity contribution in [3.63, 3.8) is 0 Å². The molecule has 1 amide bonds. The maximum absolute atomic E-state index is 11.3. The first-order valence-corrected chi connectivity index (χ1v) is 5.22. The minimum absolute atomic E-state index is 0.172. The quantitative estimate of drug-likeness (QED) is 0.472. The number of nitrogen functional groups attached to an aromatic ring is 1. The highest BCUT2D eigenvalue weighted by atomic mass is 16.5. The van der Waals surface area contributed by atoms with E-state index in [0.717, 1.165) is 11.3 Å². The summed E-state index contributed by atoms with van der Waals surface area (Å²) in [5.74, 6) is 5.33. The smallest absolute Gasteiger partial charge is 0.285 e. The largest absolute Gasteiger partial charge is 0.497 e. The van der Waals surface area contributed by atoms with Gasteiger partial charge in [-0.05, 0) is 24.3 Å². The van der Waals surface area contributed by atoms with Crippen molar-refractivity contribution in [2.45, 2.75) is 0 Å². The van der Waals surface area contributed by atoms with E-state index < -0.39 is 5.91 Å². The van der Waals surface area contributed by atoms with Gasteiger partial charge in [-0.15, -0.1) is 0 Å². The summed E-state index contributed by atoms with van der Waals surface area (Å²) in [6.45, 7) is 0. The van der Waals surface area contributed by atoms with Crippen molar-refractivity contribution >= 4 is 5.91 Å². The van der Waals surface area contributed by atoms with Crippen LogP contribution in [0.5, 0.6) is 5.75 Å². The molecule has 0 saturated carbocycles. The topological polar surface area (TPSA) is 90.1 Å². The molecule has 1 heterocycles. The first-order chi connectivity index (χ1) is 8.74. The fourth-order valence-electron chi connectivity index (χ4n) is 1.45. The Morgan fingerprint density at radius 2 is 2.00 bits per heavy atom. The van der Waals surface area contributed by atoms with Crippen molar-refractivity contribution in [3.8, 4) is 17.0 Å². The van der Waals surface area contributed by atoms with Crippen LogP contribution < -0.4 is 16.0 Å². The number of ether oxygens (including phenoxy) is 1. The number of carbonyl (C=O) groups excluding carboxylic acids is 1. The van der Waals surface area contributed by atoms with Crippen molar-refractivity contribution < 1.29 is 9.53 Å². The van der Waals surface area contributed by atoms with Gasteiger partial charge in [0.1, 0.15) is 11.4 Å². The van der Waals surface area contributed by atoms with Crippen LogP contribution >= 0.6 is 0 Å². The second-order valence-corrected chi connectivity index (χ2v) is 3.49. The summed E-state index contributed by atoms with van der Waals surface area (Å²) in [5.41, 5.74) is 3.63. The normalized spacial score (nSPS) is 9.89. The summed E-state index contributed by atoms with van der Waals surface area (Å²) in [4.78, 5) is 19.5. The lowest BCUT2D eigenvalue weighted by molar-refractivity contribution is 0.0948. The zero-order valence-electron chi connectivity index (χ0n) is 9.75. The molecule has 0 fully saturated rings. The molecule has 0 aliphatic carbocycles. The van der Waals surface area contributed by atoms with Gasteiger partial charge < -0.3 is 4.74 Å². The first kappa shape index (κ1) is 12.0. The van der Waals surface area contributed by atoms with Crippen LogP contribution in [-0.4, -0.2) is 23.0 Å². The van der Waals surface area contributed by atoms with Gasteiger partial charge in [-0.3, -0.25) is 15.2 Å². The molecule has 0 unspecified atom stereocenters. The molecule has 2 rings (SSSR count). The lowest BCUT2D eigenvalue weighted by Gasteiger charge is -2.04. The number of hydrogen-bond acceptors (Lipinski definition) is 5. The van der Waals surface area contributed by atoms with E-state index in [4.69, 9.17) is 10.6 Å². The van der Waals surface area contributed by atoms with Crippen LogP contribution in [-0.2, 0) is 0 Å². The van der Waals surface area contributed by atoms with Crippen LogP contribution in [0.3, 0.4) is 0 Å². The maximum atomic E-state index is 11.3. The highest BCUT2D eigenvalue weighted by Crippen LogP contribution is 2.19. The van der Waals surface area contributed by atoms with E-state index in [1.165, 1.54) is 6.20 Å². The van der Waals surface area contributed by atoms with E-state index in [-0.39, 0.29) is 5.69 Å². The second kappa shape index (κ2) is 5.24. The van der Waals surface area contributed by atoms with E-state index in [1.54, 1.807) is 13.3 Å². The van der Waals surface area contributed by atoms with Gasteiger partial charge in [0, 0.05) is 5.56 Å². The molecule has 0 spiro atoms. The van der Waals surface area contributed by atoms with E-state index in [0.29, 0.717) is 5.69 Å². The molecule has 0 atom stereocenters. The van der Waals surface area contributed by atoms with E-state index >= 15 is 0 Å². The van der Waals surface area contributed by atoms with Gasteiger partial charge in [0.2, 0.25) is 0 Å². The van der Waals surface area contributed by atoms with Crippen molar-refractivity contribution in [1.82, 2.24) is 15.4 Å². The third-order valence-electron chi connectivity index (χ3n) is 2.38. The third kappa shape index (κ3) is 2.44. The molecule has 0 aliphatic rings. The number of rotatable bonds is 3. The van der Waals surface area contributed by atoms with Crippen LogP contribution in [0.2, 0.25) is 0 Å². The second-order valence-electron chi connectivity index (χ2n) is 3.49. The summed E-state index contributed by atoms with van der Waals surface area (Å²) in [5, 5.41) is 0. The Labute approximate surface area is 104 Å². The number of amides is 1. The van der Waals surface area contributed by atoms with Crippen LogP contribution in [0.1, 0.15) is 10.5 Å². The third-order valence-corrected chi connectivity index (χ3v) is 2.38. The minimum atomic E-state index is -0.474. The number of methoxy groups -OCH3 is 1. The summed E-state index contributed by atoms with van der Waals surface area (Å²) < 4.78 is 5.07. The molecule has 1 aromatic heterocycles. The molecule has 2 aromatic rings. The lowest BCUT2D eigenvalue weighted by atomic mass is 10.1. The molecule has 0 aliphatic heterocycles. The molecule has 92 valence electrons. The van der Waals surface area contributed by atoms with Crippen molar-refractivity contribution in [1.29, 1.82) is 0 Å². The number of nitrogens with zero attached hydrogens (tertiary/aromatic N) is 2. The molecule has 0 bridgehead atoms. The number of nitrogens with two attached hydrogens (primary N) is 1. The summed E-state index contributed by atoms with van der Waals surface area (Å²) in [6.07, 6.45) is 2.93. The SMILES string of the molecule is COc1ccc(-c2cncc(C(=O)NN)n2)cc1. The molecule has 18 heavy (non-hydrogen) atoms. The molecule has 0 saturated heterocycles. The van der Waals surface area contributed by atoms with Gasteiger partial charge in [0.15, 0.2) is 0 Å². The molecule has 0 radical (unpaired) electrons. The number of hydrogen-bond donors (Lipinski definition) is 2. The van der Waals surface area contributed by atoms with E-state index in [9.17, 15) is 4.79 Å². The molecule has 3 N–H and O–H groups in total. The Balaban J connectivity index is 2.35. The average molecular weight is 244 g/mol. The Bertz CT molecular complexity index is 554. The fraction of sp³-hybridized carbons (Fsp3) is 0.0833. The fourth-order valence-corrected chi connectivity index (χ4v) is 1.45. The number of hydrazine groups is 1. The number of nitrogens with one attached hydrogen (secondary N) is 1. The van der Waals surface area contributed by atoms with Gasteiger partial charge in [-0.1, -0.05) is 0 Å². The highest BCUT2D eigenvalue weighted by molar-refractivity contribution is 5.91. The first-order valence-electron chi connectivity index (χ1n) is 5.22. The van der Waals surface area contributed by atoms with Gasteiger partial charge in [-0.25, -0.2) is 10.8 Å². The van der Waals surface area contributed by atoms with E-state index in [2.05, 4.69) is 9.97 Å². The van der Waals surface area contributed by atoms with Crippen molar-refractivity contribution in [3.05, 3.63) is 42.4 Å². The minimum Gasteiger partial charge on any atom is -0.497 e. The molecule has 6 heteroatoms. The van der Waals surface area contributed by atoms with Crippen molar-refractivity contribution in [2.24, 2.45) is 5.84 Å². The highest BCUT2D eigenvalue weighted by Gasteiger charge is 2.08. The standard InChI is InChI=1S/C12H12N4O2/c1-18-9-4-2-8(3-5-9)10-6-14-7-11(15-10)12(17)16-13/h2-7H,13H2,1H3,(H,16,17). The number of aromatic nitrogens is 2. The lowest BCUT2D eigenvalue weighted by Crippen LogP contribution is -2.30. The predicted molar refractivity (Wildman–Crippen MR) is 65.7 cm³/mol. The molecular weight excluding hydrogens is 232 g/mol. The Kier molecular flexibility index (Phi) is 3.49. The summed E-state index contributed by atoms with van der Waals surface area (Å²) in [7, 11) is 1.60. The van der Waals surface area contributed by atoms with Gasteiger partial charge in [0.25, 0.3) is 5.91 Å². The zero-order valence-corrected chi connectivity index (χ0v) is 9.75. The van der Waals surface area contributed by atoms with Gasteiger partial charge in [-0.2, -0.15) is 0 Å². The van der Waals surface area contributed by atoms with Gasteiger partial charge in [0.05, 0.1) is 25.2 Å². The molecule has 1 aromatic carbocycles. The Morgan fingerprint density at radius 1 is 1.28 bits per heavy atom. The van der Waals surface area contributed by atoms with Crippen LogP contribution in [0.4, 0.5) is 0 Å².